The van der Waals surface area contributed by atoms with Gasteiger partial charge in [-0.3, -0.25) is 0 Å². The third-order valence-corrected chi connectivity index (χ3v) is 3.85. The third-order valence-electron chi connectivity index (χ3n) is 2.69. The van der Waals surface area contributed by atoms with Crippen molar-refractivity contribution in [2.24, 2.45) is 0 Å². The van der Waals surface area contributed by atoms with Crippen LogP contribution in [0.25, 0.3) is 0 Å². The molecule has 0 spiro atoms. The molecule has 0 aliphatic rings. The second-order valence-corrected chi connectivity index (χ2v) is 5.85. The highest BCUT2D eigenvalue weighted by atomic mass is 32.1. The summed E-state index contributed by atoms with van der Waals surface area (Å²) in [6, 6.07) is 0. The average Bonchev–Trinajstić information content (AvgIpc) is 2.63. The van der Waals surface area contributed by atoms with Crippen molar-refractivity contribution in [2.45, 2.75) is 39.0 Å². The average molecular weight is 243 g/mol. The molecule has 1 aromatic heterocycles. The minimum Gasteiger partial charge on any atom is -0.392 e. The minimum atomic E-state index is -0.381. The molecule has 2 N–H and O–H groups in total. The van der Waals surface area contributed by atoms with Crippen LogP contribution in [0.15, 0.2) is 6.20 Å². The van der Waals surface area contributed by atoms with E-state index in [1.807, 2.05) is 39.0 Å². The summed E-state index contributed by atoms with van der Waals surface area (Å²) < 4.78 is 0. The maximum absolute atomic E-state index is 9.57. The molecule has 1 heterocycles. The Hall–Kier alpha value is -0.650. The van der Waals surface area contributed by atoms with E-state index in [0.29, 0.717) is 0 Å². The molecular formula is C11H21N3OS. The van der Waals surface area contributed by atoms with Crippen LogP contribution in [0.3, 0.4) is 0 Å². The van der Waals surface area contributed by atoms with Crippen molar-refractivity contribution in [1.29, 1.82) is 0 Å². The monoisotopic (exact) mass is 243 g/mol. The van der Waals surface area contributed by atoms with E-state index >= 15 is 0 Å². The van der Waals surface area contributed by atoms with Gasteiger partial charge in [0.05, 0.1) is 6.10 Å². The molecule has 0 fully saturated rings. The third kappa shape index (κ3) is 3.43. The Morgan fingerprint density at radius 3 is 2.62 bits per heavy atom. The van der Waals surface area contributed by atoms with E-state index in [2.05, 4.69) is 10.3 Å². The zero-order valence-corrected chi connectivity index (χ0v) is 11.4. The van der Waals surface area contributed by atoms with Gasteiger partial charge in [-0.1, -0.05) is 0 Å². The lowest BCUT2D eigenvalue weighted by molar-refractivity contribution is 0.0958. The summed E-state index contributed by atoms with van der Waals surface area (Å²) in [4.78, 5) is 7.48. The van der Waals surface area contributed by atoms with E-state index in [0.717, 1.165) is 11.7 Å². The lowest BCUT2D eigenvalue weighted by Crippen LogP contribution is -2.47. The first-order valence-corrected chi connectivity index (χ1v) is 6.19. The van der Waals surface area contributed by atoms with Crippen LogP contribution in [0.4, 0.5) is 5.13 Å². The number of thiazole rings is 1. The molecule has 1 rings (SSSR count). The largest absolute Gasteiger partial charge is 0.392 e. The molecule has 0 amide bonds. The molecule has 16 heavy (non-hydrogen) atoms. The van der Waals surface area contributed by atoms with Gasteiger partial charge in [-0.2, -0.15) is 0 Å². The standard InChI is InChI=1S/C11H21N3OS/c1-8(15)11(2,3)13-7-9-6-12-10(16-9)14(4)5/h6,8,13,15H,7H2,1-5H3. The molecule has 92 valence electrons. The maximum Gasteiger partial charge on any atom is 0.185 e. The number of anilines is 1. The van der Waals surface area contributed by atoms with Crippen LogP contribution in [0.5, 0.6) is 0 Å². The minimum absolute atomic E-state index is 0.276. The van der Waals surface area contributed by atoms with Crippen LogP contribution in [0.2, 0.25) is 0 Å². The van der Waals surface area contributed by atoms with E-state index in [1.165, 1.54) is 4.88 Å². The first kappa shape index (κ1) is 13.4. The molecule has 1 atom stereocenters. The van der Waals surface area contributed by atoms with Gasteiger partial charge >= 0.3 is 0 Å². The summed E-state index contributed by atoms with van der Waals surface area (Å²) in [5, 5.41) is 13.9. The Morgan fingerprint density at radius 2 is 2.19 bits per heavy atom. The van der Waals surface area contributed by atoms with Crippen LogP contribution < -0.4 is 10.2 Å². The van der Waals surface area contributed by atoms with Gasteiger partial charge in [0, 0.05) is 37.3 Å². The number of aromatic nitrogens is 1. The van der Waals surface area contributed by atoms with E-state index in [1.54, 1.807) is 18.3 Å². The molecule has 1 aromatic rings. The van der Waals surface area contributed by atoms with Gasteiger partial charge in [0.15, 0.2) is 5.13 Å². The van der Waals surface area contributed by atoms with Crippen molar-refractivity contribution in [3.8, 4) is 0 Å². The second kappa shape index (κ2) is 5.12. The molecule has 5 heteroatoms. The molecule has 0 radical (unpaired) electrons. The predicted octanol–water partition coefficient (Wildman–Crippen LogP) is 1.46. The van der Waals surface area contributed by atoms with E-state index in [9.17, 15) is 5.11 Å². The maximum atomic E-state index is 9.57. The van der Waals surface area contributed by atoms with Crippen LogP contribution >= 0.6 is 11.3 Å². The normalized spacial score (nSPS) is 13.9. The van der Waals surface area contributed by atoms with Crippen molar-refractivity contribution in [3.63, 3.8) is 0 Å². The van der Waals surface area contributed by atoms with Crippen molar-refractivity contribution in [1.82, 2.24) is 10.3 Å². The molecular weight excluding hydrogens is 222 g/mol. The molecule has 0 aliphatic heterocycles. The number of nitrogens with one attached hydrogen (secondary N) is 1. The lowest BCUT2D eigenvalue weighted by Gasteiger charge is -2.29. The van der Waals surface area contributed by atoms with Gasteiger partial charge in [-0.25, -0.2) is 4.98 Å². The first-order chi connectivity index (χ1) is 7.33. The zero-order chi connectivity index (χ0) is 12.3. The zero-order valence-electron chi connectivity index (χ0n) is 10.6. The molecule has 0 aromatic carbocycles. The van der Waals surface area contributed by atoms with Gasteiger partial charge in [0.2, 0.25) is 0 Å². The summed E-state index contributed by atoms with van der Waals surface area (Å²) in [6.07, 6.45) is 1.50. The van der Waals surface area contributed by atoms with E-state index in [-0.39, 0.29) is 11.6 Å². The first-order valence-electron chi connectivity index (χ1n) is 5.38. The highest BCUT2D eigenvalue weighted by Gasteiger charge is 2.23. The quantitative estimate of drug-likeness (QED) is 0.822. The summed E-state index contributed by atoms with van der Waals surface area (Å²) in [5.74, 6) is 0. The topological polar surface area (TPSA) is 48.4 Å². The summed E-state index contributed by atoms with van der Waals surface area (Å²) in [6.45, 7) is 6.52. The Bertz CT molecular complexity index is 334. The van der Waals surface area contributed by atoms with Crippen molar-refractivity contribution >= 4 is 16.5 Å². The molecule has 4 nitrogen and oxygen atoms in total. The van der Waals surface area contributed by atoms with Crippen LogP contribution in [0, 0.1) is 0 Å². The smallest absolute Gasteiger partial charge is 0.185 e. The fourth-order valence-corrected chi connectivity index (χ4v) is 1.82. The van der Waals surface area contributed by atoms with Crippen LogP contribution in [-0.2, 0) is 6.54 Å². The molecule has 0 aliphatic carbocycles. The van der Waals surface area contributed by atoms with Gasteiger partial charge in [-0.05, 0) is 20.8 Å². The van der Waals surface area contributed by atoms with Crippen molar-refractivity contribution < 1.29 is 5.11 Å². The number of hydrogen-bond acceptors (Lipinski definition) is 5. The predicted molar refractivity (Wildman–Crippen MR) is 69.0 cm³/mol. The van der Waals surface area contributed by atoms with Crippen molar-refractivity contribution in [2.75, 3.05) is 19.0 Å². The Kier molecular flexibility index (Phi) is 4.29. The lowest BCUT2D eigenvalue weighted by atomic mass is 9.99. The number of nitrogens with zero attached hydrogens (tertiary/aromatic N) is 2. The summed E-state index contributed by atoms with van der Waals surface area (Å²) >= 11 is 1.66. The molecule has 0 saturated heterocycles. The van der Waals surface area contributed by atoms with Crippen LogP contribution in [0.1, 0.15) is 25.6 Å². The number of rotatable bonds is 5. The molecule has 1 unspecified atom stereocenters. The van der Waals surface area contributed by atoms with Gasteiger partial charge in [0.1, 0.15) is 0 Å². The van der Waals surface area contributed by atoms with Gasteiger partial charge in [0.25, 0.3) is 0 Å². The Morgan fingerprint density at radius 1 is 1.56 bits per heavy atom. The number of aliphatic hydroxyl groups is 1. The van der Waals surface area contributed by atoms with Crippen molar-refractivity contribution in [3.05, 3.63) is 11.1 Å². The Labute approximate surface area is 101 Å². The van der Waals surface area contributed by atoms with Gasteiger partial charge < -0.3 is 15.3 Å². The molecule has 0 saturated carbocycles. The summed E-state index contributed by atoms with van der Waals surface area (Å²) in [7, 11) is 3.96. The van der Waals surface area contributed by atoms with Gasteiger partial charge in [-0.15, -0.1) is 11.3 Å². The SMILES string of the molecule is CC(O)C(C)(C)NCc1cnc(N(C)C)s1. The fraction of sp³-hybridized carbons (Fsp3) is 0.727. The van der Waals surface area contributed by atoms with E-state index in [4.69, 9.17) is 0 Å². The highest BCUT2D eigenvalue weighted by Crippen LogP contribution is 2.21. The van der Waals surface area contributed by atoms with Crippen LogP contribution in [-0.4, -0.2) is 35.8 Å². The Balaban J connectivity index is 2.55. The van der Waals surface area contributed by atoms with E-state index < -0.39 is 0 Å². The fourth-order valence-electron chi connectivity index (χ4n) is 1.05. The highest BCUT2D eigenvalue weighted by molar-refractivity contribution is 7.15. The summed E-state index contributed by atoms with van der Waals surface area (Å²) in [5.41, 5.74) is -0.276. The number of hydrogen-bond donors (Lipinski definition) is 2. The number of aliphatic hydroxyl groups excluding tert-OH is 1. The second-order valence-electron chi connectivity index (χ2n) is 4.75. The molecule has 0 bridgehead atoms.